The molecule has 0 radical (unpaired) electrons. The van der Waals surface area contributed by atoms with Crippen LogP contribution in [0, 0.1) is 5.92 Å². The fourth-order valence-electron chi connectivity index (χ4n) is 8.80. The number of fused-ring (bicyclic) bond motifs is 4. The van der Waals surface area contributed by atoms with Gasteiger partial charge < -0.3 is 25.4 Å². The molecule has 0 unspecified atom stereocenters. The summed E-state index contributed by atoms with van der Waals surface area (Å²) in [6, 6.07) is 24.6. The molecule has 1 aromatic heterocycles. The smallest absolute Gasteiger partial charge is 0.408 e. The molecule has 1 saturated carbocycles. The van der Waals surface area contributed by atoms with Crippen LogP contribution in [0.4, 0.5) is 4.79 Å². The summed E-state index contributed by atoms with van der Waals surface area (Å²) in [5, 5.41) is 24.5. The maximum Gasteiger partial charge on any atom is 0.408 e. The number of amides is 3. The van der Waals surface area contributed by atoms with Crippen molar-refractivity contribution in [2.45, 2.75) is 95.0 Å². The van der Waals surface area contributed by atoms with Gasteiger partial charge >= 0.3 is 12.1 Å². The SMILES string of the molecule is CC(C)(C)OC(=O)N[C@H]1CCCCCC=C[C@@H]2C[C@@]2(C(=O)O)NC(=O)[C@@H]2C[C@@H](n3ncc(-c4cccc5ccccc45)c(-c4cccc5ccccc45)c3=O)CN2C1=O. The summed E-state index contributed by atoms with van der Waals surface area (Å²) in [7, 11) is 0. The molecule has 1 saturated heterocycles. The van der Waals surface area contributed by atoms with Crippen molar-refractivity contribution >= 4 is 45.4 Å². The summed E-state index contributed by atoms with van der Waals surface area (Å²) in [6.45, 7) is 5.12. The third-order valence-corrected chi connectivity index (χ3v) is 11.8. The predicted molar refractivity (Wildman–Crippen MR) is 226 cm³/mol. The molecule has 8 rings (SSSR count). The maximum absolute atomic E-state index is 15.2. The minimum absolute atomic E-state index is 0.0115. The first kappa shape index (κ1) is 39.5. The Labute approximate surface area is 342 Å². The molecule has 5 aromatic rings. The molecule has 304 valence electrons. The van der Waals surface area contributed by atoms with Gasteiger partial charge in [-0.3, -0.25) is 14.4 Å². The topological polar surface area (TPSA) is 160 Å². The number of hydrogen-bond donors (Lipinski definition) is 3. The van der Waals surface area contributed by atoms with Gasteiger partial charge in [-0.25, -0.2) is 14.3 Å². The highest BCUT2D eigenvalue weighted by Gasteiger charge is 2.61. The number of carbonyl (C=O) groups is 4. The van der Waals surface area contributed by atoms with E-state index in [9.17, 15) is 24.3 Å². The van der Waals surface area contributed by atoms with Crippen LogP contribution in [0.3, 0.4) is 0 Å². The Morgan fingerprint density at radius 2 is 1.53 bits per heavy atom. The lowest BCUT2D eigenvalue weighted by Gasteiger charge is -2.30. The van der Waals surface area contributed by atoms with Gasteiger partial charge in [0.05, 0.1) is 17.8 Å². The van der Waals surface area contributed by atoms with Crippen LogP contribution in [-0.4, -0.2) is 73.4 Å². The molecule has 2 fully saturated rings. The minimum atomic E-state index is -1.51. The molecule has 1 aliphatic carbocycles. The fraction of sp³-hybridized carbons (Fsp3) is 0.362. The zero-order valence-electron chi connectivity index (χ0n) is 33.5. The molecule has 0 spiro atoms. The first-order valence-corrected chi connectivity index (χ1v) is 20.4. The normalized spacial score (nSPS) is 23.7. The minimum Gasteiger partial charge on any atom is -0.479 e. The van der Waals surface area contributed by atoms with Crippen LogP contribution in [0.2, 0.25) is 0 Å². The van der Waals surface area contributed by atoms with Crippen molar-refractivity contribution in [3.63, 3.8) is 0 Å². The maximum atomic E-state index is 15.2. The number of ether oxygens (including phenoxy) is 1. The molecule has 3 amide bonds. The second-order valence-corrected chi connectivity index (χ2v) is 17.0. The zero-order chi connectivity index (χ0) is 41.5. The molecule has 4 aromatic carbocycles. The van der Waals surface area contributed by atoms with E-state index in [1.165, 1.54) is 9.58 Å². The molecular formula is C47H49N5O7. The lowest BCUT2D eigenvalue weighted by atomic mass is 9.91. The zero-order valence-corrected chi connectivity index (χ0v) is 33.5. The van der Waals surface area contributed by atoms with Crippen molar-refractivity contribution in [3.8, 4) is 22.3 Å². The van der Waals surface area contributed by atoms with Gasteiger partial charge in [-0.05, 0) is 79.1 Å². The first-order chi connectivity index (χ1) is 28.3. The quantitative estimate of drug-likeness (QED) is 0.155. The molecule has 59 heavy (non-hydrogen) atoms. The highest BCUT2D eigenvalue weighted by Crippen LogP contribution is 2.46. The number of carboxylic acids is 1. The Kier molecular flexibility index (Phi) is 10.6. The summed E-state index contributed by atoms with van der Waals surface area (Å²) < 4.78 is 6.91. The van der Waals surface area contributed by atoms with Crippen molar-refractivity contribution in [2.75, 3.05) is 6.54 Å². The second-order valence-electron chi connectivity index (χ2n) is 17.0. The van der Waals surface area contributed by atoms with Crippen molar-refractivity contribution in [1.82, 2.24) is 25.3 Å². The van der Waals surface area contributed by atoms with Gasteiger partial charge in [0.1, 0.15) is 23.2 Å². The average Bonchev–Trinajstić information content (AvgIpc) is 3.73. The van der Waals surface area contributed by atoms with Crippen molar-refractivity contribution in [3.05, 3.63) is 114 Å². The van der Waals surface area contributed by atoms with E-state index in [1.54, 1.807) is 27.0 Å². The number of nitrogens with one attached hydrogen (secondary N) is 2. The molecule has 2 aliphatic heterocycles. The van der Waals surface area contributed by atoms with E-state index in [0.29, 0.717) is 29.5 Å². The van der Waals surface area contributed by atoms with Crippen molar-refractivity contribution < 1.29 is 29.0 Å². The van der Waals surface area contributed by atoms with E-state index in [-0.39, 0.29) is 19.4 Å². The highest BCUT2D eigenvalue weighted by atomic mass is 16.6. The Morgan fingerprint density at radius 1 is 0.864 bits per heavy atom. The van der Waals surface area contributed by atoms with Gasteiger partial charge in [0.25, 0.3) is 5.56 Å². The summed E-state index contributed by atoms with van der Waals surface area (Å²) in [5.41, 5.74) is -0.115. The number of alkyl carbamates (subject to hydrolysis) is 1. The molecule has 3 heterocycles. The van der Waals surface area contributed by atoms with Crippen LogP contribution >= 0.6 is 0 Å². The average molecular weight is 796 g/mol. The van der Waals surface area contributed by atoms with E-state index >= 15 is 4.79 Å². The van der Waals surface area contributed by atoms with Gasteiger partial charge in [0.2, 0.25) is 11.8 Å². The van der Waals surface area contributed by atoms with Crippen LogP contribution in [0.25, 0.3) is 43.8 Å². The number of carbonyl (C=O) groups excluding carboxylic acids is 3. The van der Waals surface area contributed by atoms with E-state index in [1.807, 2.05) is 97.1 Å². The van der Waals surface area contributed by atoms with Crippen LogP contribution < -0.4 is 16.2 Å². The molecule has 0 bridgehead atoms. The van der Waals surface area contributed by atoms with Gasteiger partial charge in [-0.2, -0.15) is 5.10 Å². The summed E-state index contributed by atoms with van der Waals surface area (Å²) in [6.07, 6.45) is 8.14. The third kappa shape index (κ3) is 7.83. The highest BCUT2D eigenvalue weighted by molar-refractivity contribution is 6.04. The Hall–Kier alpha value is -6.30. The van der Waals surface area contributed by atoms with Crippen molar-refractivity contribution in [1.29, 1.82) is 0 Å². The molecule has 12 heteroatoms. The largest absolute Gasteiger partial charge is 0.479 e. The summed E-state index contributed by atoms with van der Waals surface area (Å²) in [5.74, 6) is -2.70. The van der Waals surface area contributed by atoms with Crippen LogP contribution in [0.15, 0.2) is 108 Å². The fourth-order valence-corrected chi connectivity index (χ4v) is 8.80. The standard InChI is InChI=1S/C47H49N5O7/c1-46(2,3)59-45(58)49-38-24-8-6-4-5-7-19-31-26-47(31,44(56)57)50-41(53)39-25-32(28-51(39)42(38)54)52-43(55)40(36-23-14-18-30-16-10-12-21-34(30)36)37(27-48-52)35-22-13-17-29-15-9-11-20-33(29)35/h7,9-23,27,31-32,38-39H,4-6,8,24-26,28H2,1-3H3,(H,49,58)(H,50,53)(H,56,57)/t31-,32-,38+,39+,47-/m1/s1. The van der Waals surface area contributed by atoms with Gasteiger partial charge in [-0.15, -0.1) is 0 Å². The molecule has 12 nitrogen and oxygen atoms in total. The van der Waals surface area contributed by atoms with E-state index in [4.69, 9.17) is 9.84 Å². The van der Waals surface area contributed by atoms with Crippen molar-refractivity contribution in [2.24, 2.45) is 5.92 Å². The third-order valence-electron chi connectivity index (χ3n) is 11.8. The number of aromatic nitrogens is 2. The molecule has 3 N–H and O–H groups in total. The lowest BCUT2D eigenvalue weighted by Crippen LogP contribution is -2.56. The van der Waals surface area contributed by atoms with Crippen LogP contribution in [-0.2, 0) is 19.1 Å². The predicted octanol–water partition coefficient (Wildman–Crippen LogP) is 7.40. The molecule has 3 aliphatic rings. The van der Waals surface area contributed by atoms with Crippen LogP contribution in [0.5, 0.6) is 0 Å². The Morgan fingerprint density at radius 3 is 2.22 bits per heavy atom. The van der Waals surface area contributed by atoms with E-state index in [2.05, 4.69) is 10.6 Å². The monoisotopic (exact) mass is 795 g/mol. The number of benzene rings is 4. The number of aliphatic carboxylic acids is 1. The number of allylic oxidation sites excluding steroid dienone is 1. The van der Waals surface area contributed by atoms with Gasteiger partial charge in [-0.1, -0.05) is 110 Å². The Bertz CT molecular complexity index is 2550. The lowest BCUT2D eigenvalue weighted by molar-refractivity contribution is -0.145. The summed E-state index contributed by atoms with van der Waals surface area (Å²) >= 11 is 0. The number of carboxylic acid groups (broad SMARTS) is 1. The Balaban J connectivity index is 1.24. The summed E-state index contributed by atoms with van der Waals surface area (Å²) in [4.78, 5) is 71.5. The van der Waals surface area contributed by atoms with Gasteiger partial charge in [0, 0.05) is 24.4 Å². The van der Waals surface area contributed by atoms with E-state index < -0.39 is 64.6 Å². The molecule has 5 atom stereocenters. The molecular weight excluding hydrogens is 747 g/mol. The number of hydrogen-bond acceptors (Lipinski definition) is 7. The van der Waals surface area contributed by atoms with Gasteiger partial charge in [0.15, 0.2) is 0 Å². The second kappa shape index (κ2) is 15.8. The first-order valence-electron chi connectivity index (χ1n) is 20.4. The number of nitrogens with zero attached hydrogens (tertiary/aromatic N) is 3. The van der Waals surface area contributed by atoms with E-state index in [0.717, 1.165) is 46.4 Å². The van der Waals surface area contributed by atoms with Crippen LogP contribution in [0.1, 0.15) is 71.8 Å². The number of rotatable bonds is 5.